The highest BCUT2D eigenvalue weighted by Gasteiger charge is 2.16. The first-order valence-electron chi connectivity index (χ1n) is 13.8. The van der Waals surface area contributed by atoms with Crippen LogP contribution < -0.4 is 9.47 Å². The topological polar surface area (TPSA) is 42.0 Å². The highest BCUT2D eigenvalue weighted by Crippen LogP contribution is 2.28. The van der Waals surface area contributed by atoms with Crippen LogP contribution in [-0.4, -0.2) is 68.1 Å². The van der Waals surface area contributed by atoms with Gasteiger partial charge in [-0.25, -0.2) is 0 Å². The molecule has 0 aliphatic carbocycles. The van der Waals surface area contributed by atoms with Gasteiger partial charge in [0, 0.05) is 24.2 Å². The molecule has 194 valence electrons. The summed E-state index contributed by atoms with van der Waals surface area (Å²) in [6.45, 7) is 8.01. The first kappa shape index (κ1) is 25.5. The van der Waals surface area contributed by atoms with Crippen molar-refractivity contribution in [1.82, 2.24) is 9.80 Å². The number of rotatable bonds is 11. The lowest BCUT2D eigenvalue weighted by atomic mass is 9.94. The molecule has 2 heterocycles. The monoisotopic (exact) mass is 498 g/mol. The van der Waals surface area contributed by atoms with E-state index in [-0.39, 0.29) is 5.78 Å². The van der Waals surface area contributed by atoms with Crippen molar-refractivity contribution in [2.75, 3.05) is 52.5 Å². The normalized spacial score (nSPS) is 16.5. The van der Waals surface area contributed by atoms with E-state index >= 15 is 0 Å². The summed E-state index contributed by atoms with van der Waals surface area (Å²) in [4.78, 5) is 18.3. The van der Waals surface area contributed by atoms with E-state index in [1.807, 2.05) is 72.8 Å². The Labute approximate surface area is 221 Å². The van der Waals surface area contributed by atoms with Crippen molar-refractivity contribution in [3.63, 3.8) is 0 Å². The molecule has 2 aliphatic heterocycles. The van der Waals surface area contributed by atoms with Crippen molar-refractivity contribution in [2.24, 2.45) is 0 Å². The summed E-state index contributed by atoms with van der Waals surface area (Å²) in [5.41, 5.74) is 3.30. The predicted octanol–water partition coefficient (Wildman–Crippen LogP) is 5.92. The number of nitrogens with zero attached hydrogens (tertiary/aromatic N) is 2. The number of hydrogen-bond donors (Lipinski definition) is 0. The number of benzene rings is 3. The third kappa shape index (κ3) is 7.00. The van der Waals surface area contributed by atoms with Gasteiger partial charge in [-0.1, -0.05) is 42.8 Å². The minimum atomic E-state index is 0.0152. The predicted molar refractivity (Wildman–Crippen MR) is 149 cm³/mol. The molecule has 2 aliphatic rings. The molecule has 0 N–H and O–H groups in total. The quantitative estimate of drug-likeness (QED) is 0.307. The van der Waals surface area contributed by atoms with Crippen LogP contribution in [0.1, 0.15) is 48.0 Å². The van der Waals surface area contributed by atoms with E-state index in [0.717, 1.165) is 35.7 Å². The molecule has 0 amide bonds. The number of piperidine rings is 1. The molecule has 5 nitrogen and oxygen atoms in total. The number of likely N-dealkylation sites (tertiary alicyclic amines) is 2. The van der Waals surface area contributed by atoms with Crippen LogP contribution in [0.4, 0.5) is 0 Å². The van der Waals surface area contributed by atoms with Crippen LogP contribution in [0.2, 0.25) is 0 Å². The fourth-order valence-electron chi connectivity index (χ4n) is 5.30. The molecule has 0 aromatic heterocycles. The van der Waals surface area contributed by atoms with Crippen LogP contribution in [-0.2, 0) is 0 Å². The van der Waals surface area contributed by atoms with Crippen LogP contribution in [0.3, 0.4) is 0 Å². The van der Waals surface area contributed by atoms with E-state index in [4.69, 9.17) is 9.47 Å². The van der Waals surface area contributed by atoms with Gasteiger partial charge in [0.1, 0.15) is 24.7 Å². The van der Waals surface area contributed by atoms with Crippen LogP contribution in [0.15, 0.2) is 72.8 Å². The highest BCUT2D eigenvalue weighted by atomic mass is 16.5. The van der Waals surface area contributed by atoms with Crippen molar-refractivity contribution in [3.8, 4) is 22.6 Å². The zero-order valence-electron chi connectivity index (χ0n) is 21.7. The molecule has 0 atom stereocenters. The maximum absolute atomic E-state index is 13.4. The number of carbonyl (C=O) groups excluding carboxylic acids is 1. The van der Waals surface area contributed by atoms with Crippen molar-refractivity contribution < 1.29 is 14.3 Å². The fourth-order valence-corrected chi connectivity index (χ4v) is 5.30. The summed E-state index contributed by atoms with van der Waals surface area (Å²) >= 11 is 0. The fraction of sp³-hybridized carbons (Fsp3) is 0.406. The number of ether oxygens (including phenoxy) is 2. The Morgan fingerprint density at radius 1 is 0.622 bits per heavy atom. The standard InChI is InChI=1S/C32H38N2O3/c35-32(27-12-16-29(17-13-27)37-24-22-33-18-4-1-5-19-33)31-9-3-2-8-30(31)26-10-14-28(15-11-26)36-25-23-34-20-6-7-21-34/h2-3,8-17H,1,4-7,18-25H2. The summed E-state index contributed by atoms with van der Waals surface area (Å²) in [5.74, 6) is 1.69. The molecular weight excluding hydrogens is 460 g/mol. The molecule has 0 radical (unpaired) electrons. The second-order valence-electron chi connectivity index (χ2n) is 10.1. The Morgan fingerprint density at radius 3 is 1.73 bits per heavy atom. The van der Waals surface area contributed by atoms with Gasteiger partial charge < -0.3 is 9.47 Å². The second kappa shape index (κ2) is 12.9. The van der Waals surface area contributed by atoms with E-state index in [1.165, 1.54) is 58.3 Å². The third-order valence-corrected chi connectivity index (χ3v) is 7.45. The molecule has 0 saturated carbocycles. The summed E-state index contributed by atoms with van der Waals surface area (Å²) in [5, 5.41) is 0. The Kier molecular flexibility index (Phi) is 8.88. The summed E-state index contributed by atoms with van der Waals surface area (Å²) in [6.07, 6.45) is 6.51. The minimum Gasteiger partial charge on any atom is -0.492 e. The molecule has 0 spiro atoms. The molecule has 0 bridgehead atoms. The molecule has 2 saturated heterocycles. The van der Waals surface area contributed by atoms with Gasteiger partial charge >= 0.3 is 0 Å². The van der Waals surface area contributed by atoms with Crippen molar-refractivity contribution in [2.45, 2.75) is 32.1 Å². The largest absolute Gasteiger partial charge is 0.492 e. The highest BCUT2D eigenvalue weighted by molar-refractivity contribution is 6.12. The molecule has 37 heavy (non-hydrogen) atoms. The average Bonchev–Trinajstić information content (AvgIpc) is 3.48. The first-order valence-corrected chi connectivity index (χ1v) is 13.8. The zero-order chi connectivity index (χ0) is 25.3. The zero-order valence-corrected chi connectivity index (χ0v) is 21.7. The molecule has 0 unspecified atom stereocenters. The smallest absolute Gasteiger partial charge is 0.193 e. The molecule has 5 rings (SSSR count). The van der Waals surface area contributed by atoms with E-state index in [1.54, 1.807) is 0 Å². The van der Waals surface area contributed by atoms with Gasteiger partial charge in [0.15, 0.2) is 5.78 Å². The SMILES string of the molecule is O=C(c1ccc(OCCN2CCCCC2)cc1)c1ccccc1-c1ccc(OCCN2CCCC2)cc1. The van der Waals surface area contributed by atoms with Crippen LogP contribution in [0.5, 0.6) is 11.5 Å². The third-order valence-electron chi connectivity index (χ3n) is 7.45. The molecular formula is C32H38N2O3. The lowest BCUT2D eigenvalue weighted by molar-refractivity contribution is 0.103. The average molecular weight is 499 g/mol. The number of carbonyl (C=O) groups is 1. The van der Waals surface area contributed by atoms with Crippen LogP contribution in [0.25, 0.3) is 11.1 Å². The summed E-state index contributed by atoms with van der Waals surface area (Å²) in [6, 6.07) is 23.4. The summed E-state index contributed by atoms with van der Waals surface area (Å²) in [7, 11) is 0. The van der Waals surface area contributed by atoms with Gasteiger partial charge in [-0.15, -0.1) is 0 Å². The van der Waals surface area contributed by atoms with Crippen molar-refractivity contribution in [3.05, 3.63) is 83.9 Å². The van der Waals surface area contributed by atoms with E-state index in [2.05, 4.69) is 9.80 Å². The van der Waals surface area contributed by atoms with Gasteiger partial charge in [0.05, 0.1) is 0 Å². The maximum atomic E-state index is 13.4. The van der Waals surface area contributed by atoms with E-state index in [9.17, 15) is 4.79 Å². The van der Waals surface area contributed by atoms with Crippen molar-refractivity contribution >= 4 is 5.78 Å². The van der Waals surface area contributed by atoms with Crippen LogP contribution >= 0.6 is 0 Å². The molecule has 3 aromatic rings. The van der Waals surface area contributed by atoms with Crippen LogP contribution in [0, 0.1) is 0 Å². The molecule has 5 heteroatoms. The van der Waals surface area contributed by atoms with Gasteiger partial charge in [0.25, 0.3) is 0 Å². The molecule has 3 aromatic carbocycles. The molecule has 2 fully saturated rings. The van der Waals surface area contributed by atoms with Gasteiger partial charge in [-0.3, -0.25) is 14.6 Å². The Morgan fingerprint density at radius 2 is 1.14 bits per heavy atom. The second-order valence-corrected chi connectivity index (χ2v) is 10.1. The van der Waals surface area contributed by atoms with E-state index in [0.29, 0.717) is 24.3 Å². The van der Waals surface area contributed by atoms with Gasteiger partial charge in [0.2, 0.25) is 0 Å². The van der Waals surface area contributed by atoms with E-state index < -0.39 is 0 Å². The lowest BCUT2D eigenvalue weighted by Crippen LogP contribution is -2.33. The Balaban J connectivity index is 1.18. The minimum absolute atomic E-state index is 0.0152. The Hall–Kier alpha value is -3.15. The number of hydrogen-bond acceptors (Lipinski definition) is 5. The number of ketones is 1. The summed E-state index contributed by atoms with van der Waals surface area (Å²) < 4.78 is 11.9. The van der Waals surface area contributed by atoms with Gasteiger partial charge in [-0.05, 0) is 99.4 Å². The maximum Gasteiger partial charge on any atom is 0.193 e. The lowest BCUT2D eigenvalue weighted by Gasteiger charge is -2.26. The first-order chi connectivity index (χ1) is 18.3. The van der Waals surface area contributed by atoms with Crippen molar-refractivity contribution in [1.29, 1.82) is 0 Å². The van der Waals surface area contributed by atoms with Gasteiger partial charge in [-0.2, -0.15) is 0 Å². The Bertz CT molecular complexity index is 1130.